The predicted octanol–water partition coefficient (Wildman–Crippen LogP) is 4.42. The molecule has 0 atom stereocenters. The van der Waals surface area contributed by atoms with Gasteiger partial charge in [0.1, 0.15) is 29.2 Å². The summed E-state index contributed by atoms with van der Waals surface area (Å²) in [6.07, 6.45) is 9.37. The molecule has 3 aromatic heterocycles. The number of piperidine rings is 1. The molecule has 0 amide bonds. The number of furan rings is 1. The number of benzene rings is 1. The van der Waals surface area contributed by atoms with Crippen LogP contribution in [0.3, 0.4) is 0 Å². The Morgan fingerprint density at radius 2 is 1.92 bits per heavy atom. The number of aliphatic hydroxyl groups is 1. The van der Waals surface area contributed by atoms with Gasteiger partial charge < -0.3 is 23.9 Å². The molecule has 196 valence electrons. The summed E-state index contributed by atoms with van der Waals surface area (Å²) in [6.45, 7) is 4.22. The van der Waals surface area contributed by atoms with E-state index in [1.54, 1.807) is 6.20 Å². The van der Waals surface area contributed by atoms with Gasteiger partial charge in [0, 0.05) is 56.5 Å². The van der Waals surface area contributed by atoms with E-state index in [9.17, 15) is 10.4 Å². The Balaban J connectivity index is 1.24. The number of hydrogen-bond donors (Lipinski definition) is 1. The second-order valence-corrected chi connectivity index (χ2v) is 9.94. The van der Waals surface area contributed by atoms with Gasteiger partial charge in [-0.05, 0) is 36.6 Å². The number of nitrogens with zero attached hydrogens (tertiary/aromatic N) is 5. The highest BCUT2D eigenvalue weighted by molar-refractivity contribution is 5.92. The number of β-amino-alcohol motifs (C(OH)–C–C–N with tert-alkyl or cyclic N) is 1. The van der Waals surface area contributed by atoms with Gasteiger partial charge in [0.2, 0.25) is 0 Å². The first kappa shape index (κ1) is 24.6. The molecular weight excluding hydrogens is 482 g/mol. The van der Waals surface area contributed by atoms with Crippen LogP contribution in [0.1, 0.15) is 37.3 Å². The first-order chi connectivity index (χ1) is 18.7. The van der Waals surface area contributed by atoms with Crippen molar-refractivity contribution in [3.05, 3.63) is 54.5 Å². The minimum absolute atomic E-state index is 0.0657. The topological polar surface area (TPSA) is 110 Å². The van der Waals surface area contributed by atoms with Crippen LogP contribution in [-0.4, -0.2) is 70.3 Å². The first-order valence-electron chi connectivity index (χ1n) is 13.3. The Bertz CT molecular complexity index is 1440. The van der Waals surface area contributed by atoms with Crippen LogP contribution >= 0.6 is 0 Å². The van der Waals surface area contributed by atoms with Gasteiger partial charge in [-0.2, -0.15) is 10.4 Å². The van der Waals surface area contributed by atoms with Crippen LogP contribution < -0.4 is 4.74 Å². The molecule has 38 heavy (non-hydrogen) atoms. The zero-order chi connectivity index (χ0) is 25.9. The van der Waals surface area contributed by atoms with Crippen molar-refractivity contribution < 1.29 is 19.0 Å². The highest BCUT2D eigenvalue weighted by Gasteiger charge is 2.22. The first-order valence-corrected chi connectivity index (χ1v) is 13.3. The molecule has 0 bridgehead atoms. The number of aliphatic hydroxyl groups excluding tert-OH is 1. The van der Waals surface area contributed by atoms with Crippen LogP contribution in [-0.2, 0) is 4.74 Å². The van der Waals surface area contributed by atoms with E-state index in [1.807, 2.05) is 47.4 Å². The van der Waals surface area contributed by atoms with Crippen LogP contribution in [0.15, 0.2) is 53.3 Å². The Labute approximate surface area is 221 Å². The van der Waals surface area contributed by atoms with E-state index in [4.69, 9.17) is 13.9 Å². The van der Waals surface area contributed by atoms with Crippen molar-refractivity contribution >= 4 is 11.1 Å². The van der Waals surface area contributed by atoms with Gasteiger partial charge in [-0.3, -0.25) is 9.67 Å². The smallest absolute Gasteiger partial charge is 0.161 e. The number of pyridine rings is 1. The van der Waals surface area contributed by atoms with Crippen molar-refractivity contribution in [2.24, 2.45) is 0 Å². The molecule has 6 rings (SSSR count). The van der Waals surface area contributed by atoms with Crippen LogP contribution in [0, 0.1) is 11.3 Å². The van der Waals surface area contributed by atoms with Crippen LogP contribution in [0.5, 0.6) is 5.75 Å². The number of ether oxygens (including phenoxy) is 2. The molecule has 9 heteroatoms. The number of aromatic nitrogens is 3. The van der Waals surface area contributed by atoms with E-state index >= 15 is 0 Å². The Kier molecular flexibility index (Phi) is 7.10. The van der Waals surface area contributed by atoms with Gasteiger partial charge >= 0.3 is 0 Å². The molecule has 2 aliphatic rings. The molecule has 4 aromatic rings. The predicted molar refractivity (Wildman–Crippen MR) is 142 cm³/mol. The Hall–Kier alpha value is -3.71. The Morgan fingerprint density at radius 1 is 1.08 bits per heavy atom. The van der Waals surface area contributed by atoms with Crippen molar-refractivity contribution in [2.75, 3.05) is 39.5 Å². The lowest BCUT2D eigenvalue weighted by molar-refractivity contribution is 0.0254. The molecule has 2 saturated heterocycles. The Morgan fingerprint density at radius 3 is 2.71 bits per heavy atom. The number of nitriles is 1. The lowest BCUT2D eigenvalue weighted by Gasteiger charge is -2.31. The lowest BCUT2D eigenvalue weighted by Crippen LogP contribution is -2.36. The second-order valence-electron chi connectivity index (χ2n) is 9.94. The fourth-order valence-corrected chi connectivity index (χ4v) is 5.38. The van der Waals surface area contributed by atoms with E-state index in [0.29, 0.717) is 41.9 Å². The molecule has 2 fully saturated rings. The molecule has 5 heterocycles. The van der Waals surface area contributed by atoms with Crippen LogP contribution in [0.25, 0.3) is 33.6 Å². The molecule has 1 aromatic carbocycles. The summed E-state index contributed by atoms with van der Waals surface area (Å²) in [5.41, 5.74) is 4.58. The third kappa shape index (κ3) is 5.03. The average Bonchev–Trinajstić information content (AvgIpc) is 3.62. The summed E-state index contributed by atoms with van der Waals surface area (Å²) in [5.74, 6) is 1.31. The minimum Gasteiger partial charge on any atom is -0.489 e. The third-order valence-electron chi connectivity index (χ3n) is 7.52. The maximum Gasteiger partial charge on any atom is 0.161 e. The van der Waals surface area contributed by atoms with Crippen LogP contribution in [0.2, 0.25) is 0 Å². The van der Waals surface area contributed by atoms with Gasteiger partial charge in [-0.15, -0.1) is 0 Å². The van der Waals surface area contributed by atoms with Crippen molar-refractivity contribution in [1.29, 1.82) is 5.26 Å². The highest BCUT2D eigenvalue weighted by Crippen LogP contribution is 2.36. The minimum atomic E-state index is 0.0657. The lowest BCUT2D eigenvalue weighted by atomic mass is 10.0. The van der Waals surface area contributed by atoms with E-state index in [1.165, 1.54) is 0 Å². The molecule has 2 aliphatic heterocycles. The number of hydrogen-bond acceptors (Lipinski definition) is 8. The fraction of sp³-hybridized carbons (Fsp3) is 0.414. The van der Waals surface area contributed by atoms with Crippen molar-refractivity contribution in [2.45, 2.75) is 37.8 Å². The quantitative estimate of drug-likeness (QED) is 0.387. The average molecular weight is 514 g/mol. The third-order valence-corrected chi connectivity index (χ3v) is 7.52. The molecule has 0 aliphatic carbocycles. The molecule has 0 radical (unpaired) electrons. The summed E-state index contributed by atoms with van der Waals surface area (Å²) in [4.78, 5) is 6.81. The summed E-state index contributed by atoms with van der Waals surface area (Å²) >= 11 is 0. The van der Waals surface area contributed by atoms with Crippen molar-refractivity contribution in [3.63, 3.8) is 0 Å². The maximum absolute atomic E-state index is 9.82. The standard InChI is InChI=1S/C29H31N5O4/c30-17-21-15-20(1-2-27(21)37-24-6-13-36-14-7-24)25-3-8-31-26-16-28(38-29(25)26)22-18-32-34(19-22)23-4-9-33(10-5-23)11-12-35/h1-3,8,15-16,18-19,23-24,35H,4-7,9-14H2. The largest absolute Gasteiger partial charge is 0.489 e. The van der Waals surface area contributed by atoms with E-state index in [2.05, 4.69) is 21.1 Å². The van der Waals surface area contributed by atoms with Gasteiger partial charge in [-0.1, -0.05) is 6.07 Å². The number of fused-ring (bicyclic) bond motifs is 1. The highest BCUT2D eigenvalue weighted by atomic mass is 16.5. The van der Waals surface area contributed by atoms with Crippen molar-refractivity contribution in [3.8, 4) is 34.3 Å². The molecular formula is C29H31N5O4. The summed E-state index contributed by atoms with van der Waals surface area (Å²) in [5, 5.41) is 23.6. The normalized spacial score (nSPS) is 17.6. The van der Waals surface area contributed by atoms with Crippen LogP contribution in [0.4, 0.5) is 0 Å². The second kappa shape index (κ2) is 11.0. The van der Waals surface area contributed by atoms with E-state index in [0.717, 1.165) is 67.5 Å². The maximum atomic E-state index is 9.82. The summed E-state index contributed by atoms with van der Waals surface area (Å²) < 4.78 is 19.9. The zero-order valence-electron chi connectivity index (χ0n) is 21.3. The molecule has 0 unspecified atom stereocenters. The van der Waals surface area contributed by atoms with Gasteiger partial charge in [0.15, 0.2) is 5.58 Å². The molecule has 0 saturated carbocycles. The molecule has 9 nitrogen and oxygen atoms in total. The zero-order valence-corrected chi connectivity index (χ0v) is 21.3. The molecule has 1 N–H and O–H groups in total. The van der Waals surface area contributed by atoms with Gasteiger partial charge in [-0.25, -0.2) is 0 Å². The summed E-state index contributed by atoms with van der Waals surface area (Å²) in [6, 6.07) is 12.2. The SMILES string of the molecule is N#Cc1cc(-c2ccnc3cc(-c4cnn(C5CCN(CCO)CC5)c4)oc23)ccc1OC1CCOCC1. The van der Waals surface area contributed by atoms with Crippen molar-refractivity contribution in [1.82, 2.24) is 19.7 Å². The monoisotopic (exact) mass is 513 g/mol. The summed E-state index contributed by atoms with van der Waals surface area (Å²) in [7, 11) is 0. The fourth-order valence-electron chi connectivity index (χ4n) is 5.38. The van der Waals surface area contributed by atoms with E-state index in [-0.39, 0.29) is 12.7 Å². The van der Waals surface area contributed by atoms with Gasteiger partial charge in [0.25, 0.3) is 0 Å². The number of likely N-dealkylation sites (tertiary alicyclic amines) is 1. The molecule has 0 spiro atoms. The van der Waals surface area contributed by atoms with Gasteiger partial charge in [0.05, 0.1) is 43.2 Å². The van der Waals surface area contributed by atoms with E-state index < -0.39 is 0 Å². The number of rotatable bonds is 7.